The number of nitro groups is 1. The van der Waals surface area contributed by atoms with Crippen molar-refractivity contribution in [1.82, 2.24) is 4.98 Å². The summed E-state index contributed by atoms with van der Waals surface area (Å²) in [5.74, 6) is 0.255. The minimum absolute atomic E-state index is 0.0149. The van der Waals surface area contributed by atoms with Crippen LogP contribution < -0.4 is 10.2 Å². The van der Waals surface area contributed by atoms with Crippen LogP contribution in [0.5, 0.6) is 11.5 Å². The largest absolute Gasteiger partial charge is 0.504 e. The minimum Gasteiger partial charge on any atom is -0.504 e. The lowest BCUT2D eigenvalue weighted by molar-refractivity contribution is -0.384. The molecule has 2 rings (SSSR count). The zero-order valence-corrected chi connectivity index (χ0v) is 11.1. The van der Waals surface area contributed by atoms with Gasteiger partial charge in [-0.3, -0.25) is 15.5 Å². The third-order valence-corrected chi connectivity index (χ3v) is 2.61. The van der Waals surface area contributed by atoms with E-state index < -0.39 is 4.92 Å². The highest BCUT2D eigenvalue weighted by Gasteiger charge is 2.13. The molecule has 0 fully saturated rings. The van der Waals surface area contributed by atoms with Crippen LogP contribution in [0.2, 0.25) is 0 Å². The summed E-state index contributed by atoms with van der Waals surface area (Å²) in [5, 5.41) is 24.5. The number of aromatic nitrogens is 1. The molecule has 1 aromatic carbocycles. The predicted molar refractivity (Wildman–Crippen MR) is 76.8 cm³/mol. The Bertz CT molecular complexity index is 688. The monoisotopic (exact) mass is 288 g/mol. The molecule has 108 valence electrons. The van der Waals surface area contributed by atoms with Gasteiger partial charge in [0, 0.05) is 17.8 Å². The summed E-state index contributed by atoms with van der Waals surface area (Å²) >= 11 is 0. The van der Waals surface area contributed by atoms with Gasteiger partial charge in [-0.25, -0.2) is 4.98 Å². The highest BCUT2D eigenvalue weighted by Crippen LogP contribution is 2.28. The Morgan fingerprint density at radius 1 is 1.43 bits per heavy atom. The van der Waals surface area contributed by atoms with Gasteiger partial charge in [0.05, 0.1) is 18.2 Å². The van der Waals surface area contributed by atoms with Gasteiger partial charge in [0.25, 0.3) is 0 Å². The van der Waals surface area contributed by atoms with Crippen LogP contribution in [0.25, 0.3) is 0 Å². The lowest BCUT2D eigenvalue weighted by atomic mass is 10.2. The lowest BCUT2D eigenvalue weighted by Crippen LogP contribution is -1.99. The molecule has 0 aliphatic rings. The second kappa shape index (κ2) is 6.33. The van der Waals surface area contributed by atoms with Gasteiger partial charge < -0.3 is 9.84 Å². The van der Waals surface area contributed by atoms with Gasteiger partial charge in [0.1, 0.15) is 0 Å². The first-order valence-corrected chi connectivity index (χ1v) is 5.88. The average molecular weight is 288 g/mol. The number of methoxy groups -OCH3 is 1. The van der Waals surface area contributed by atoms with E-state index in [1.165, 1.54) is 31.7 Å². The maximum Gasteiger partial charge on any atom is 0.313 e. The Balaban J connectivity index is 2.19. The number of hydrogen-bond donors (Lipinski definition) is 2. The number of nitrogens with one attached hydrogen (secondary N) is 1. The van der Waals surface area contributed by atoms with E-state index in [9.17, 15) is 15.2 Å². The van der Waals surface area contributed by atoms with Crippen LogP contribution in [0, 0.1) is 10.1 Å². The fourth-order valence-electron chi connectivity index (χ4n) is 1.60. The predicted octanol–water partition coefficient (Wildman–Crippen LogP) is 2.15. The van der Waals surface area contributed by atoms with Gasteiger partial charge in [-0.15, -0.1) is 0 Å². The van der Waals surface area contributed by atoms with E-state index in [4.69, 9.17) is 4.74 Å². The number of hydrazone groups is 1. The third-order valence-electron chi connectivity index (χ3n) is 2.61. The standard InChI is InChI=1S/C13H12N4O4/c1-21-11-6-2-4-9(12(11)18)8-15-16-13-10(17(19)20)5-3-7-14-13/h2-8,18H,1H3,(H,14,16). The summed E-state index contributed by atoms with van der Waals surface area (Å²) in [6.07, 6.45) is 2.73. The summed E-state index contributed by atoms with van der Waals surface area (Å²) in [5.41, 5.74) is 2.69. The zero-order valence-electron chi connectivity index (χ0n) is 11.1. The molecule has 2 N–H and O–H groups in total. The van der Waals surface area contributed by atoms with Crippen LogP contribution in [0.1, 0.15) is 5.56 Å². The second-order valence-electron chi connectivity index (χ2n) is 3.90. The molecule has 0 saturated carbocycles. The number of phenolic OH excluding ortho intramolecular Hbond substituents is 1. The minimum atomic E-state index is -0.562. The van der Waals surface area contributed by atoms with E-state index in [-0.39, 0.29) is 17.3 Å². The maximum absolute atomic E-state index is 10.8. The summed E-state index contributed by atoms with van der Waals surface area (Å²) < 4.78 is 4.97. The smallest absolute Gasteiger partial charge is 0.313 e. The average Bonchev–Trinajstić information content (AvgIpc) is 2.49. The number of pyridine rings is 1. The first kappa shape index (κ1) is 14.3. The topological polar surface area (TPSA) is 110 Å². The molecule has 21 heavy (non-hydrogen) atoms. The molecule has 8 heteroatoms. The molecule has 0 unspecified atom stereocenters. The second-order valence-corrected chi connectivity index (χ2v) is 3.90. The van der Waals surface area contributed by atoms with Gasteiger partial charge in [-0.1, -0.05) is 6.07 Å². The quantitative estimate of drug-likeness (QED) is 0.495. The van der Waals surface area contributed by atoms with Crippen LogP contribution in [0.4, 0.5) is 11.5 Å². The molecule has 0 atom stereocenters. The van der Waals surface area contributed by atoms with Gasteiger partial charge in [-0.05, 0) is 18.2 Å². The van der Waals surface area contributed by atoms with Crippen molar-refractivity contribution in [2.75, 3.05) is 12.5 Å². The number of benzene rings is 1. The van der Waals surface area contributed by atoms with Crippen LogP contribution in [-0.4, -0.2) is 28.3 Å². The molecule has 1 aromatic heterocycles. The van der Waals surface area contributed by atoms with Crippen molar-refractivity contribution in [1.29, 1.82) is 0 Å². The normalized spacial score (nSPS) is 10.5. The number of aromatic hydroxyl groups is 1. The number of nitrogens with zero attached hydrogens (tertiary/aromatic N) is 3. The number of ether oxygens (including phenoxy) is 1. The van der Waals surface area contributed by atoms with E-state index in [1.54, 1.807) is 18.2 Å². The number of rotatable bonds is 5. The molecule has 2 aromatic rings. The van der Waals surface area contributed by atoms with Crippen molar-refractivity contribution in [2.24, 2.45) is 5.10 Å². The van der Waals surface area contributed by atoms with E-state index in [2.05, 4.69) is 15.5 Å². The van der Waals surface area contributed by atoms with Crippen molar-refractivity contribution < 1.29 is 14.8 Å². The first-order valence-electron chi connectivity index (χ1n) is 5.88. The maximum atomic E-state index is 10.8. The zero-order chi connectivity index (χ0) is 15.2. The lowest BCUT2D eigenvalue weighted by Gasteiger charge is -2.05. The first-order chi connectivity index (χ1) is 10.1. The summed E-state index contributed by atoms with van der Waals surface area (Å²) in [6, 6.07) is 7.68. The number of anilines is 1. The van der Waals surface area contributed by atoms with E-state index in [0.29, 0.717) is 11.3 Å². The molecular weight excluding hydrogens is 276 g/mol. The van der Waals surface area contributed by atoms with Gasteiger partial charge in [0.2, 0.25) is 5.82 Å². The molecule has 8 nitrogen and oxygen atoms in total. The Morgan fingerprint density at radius 3 is 2.95 bits per heavy atom. The van der Waals surface area contributed by atoms with Crippen LogP contribution >= 0.6 is 0 Å². The SMILES string of the molecule is COc1cccc(C=NNc2ncccc2[N+](=O)[O-])c1O. The third kappa shape index (κ3) is 3.24. The molecule has 0 bridgehead atoms. The highest BCUT2D eigenvalue weighted by molar-refractivity contribution is 5.85. The number of para-hydroxylation sites is 1. The van der Waals surface area contributed by atoms with Crippen molar-refractivity contribution in [3.63, 3.8) is 0 Å². The molecule has 0 radical (unpaired) electrons. The molecule has 0 saturated heterocycles. The van der Waals surface area contributed by atoms with Gasteiger partial charge >= 0.3 is 5.69 Å². The van der Waals surface area contributed by atoms with Crippen LogP contribution in [0.15, 0.2) is 41.6 Å². The van der Waals surface area contributed by atoms with E-state index >= 15 is 0 Å². The Labute approximate surface area is 119 Å². The van der Waals surface area contributed by atoms with E-state index in [0.717, 1.165) is 0 Å². The number of phenols is 1. The molecule has 0 aliphatic carbocycles. The Morgan fingerprint density at radius 2 is 2.24 bits per heavy atom. The Kier molecular flexibility index (Phi) is 4.30. The highest BCUT2D eigenvalue weighted by atomic mass is 16.6. The van der Waals surface area contributed by atoms with Crippen LogP contribution in [-0.2, 0) is 0 Å². The molecular formula is C13H12N4O4. The Hall–Kier alpha value is -3.16. The summed E-state index contributed by atoms with van der Waals surface area (Å²) in [7, 11) is 1.44. The van der Waals surface area contributed by atoms with Crippen molar-refractivity contribution in [3.05, 3.63) is 52.2 Å². The van der Waals surface area contributed by atoms with Gasteiger partial charge in [0.15, 0.2) is 11.5 Å². The molecule has 0 amide bonds. The fourth-order valence-corrected chi connectivity index (χ4v) is 1.60. The summed E-state index contributed by atoms with van der Waals surface area (Å²) in [6.45, 7) is 0. The summed E-state index contributed by atoms with van der Waals surface area (Å²) in [4.78, 5) is 14.1. The van der Waals surface area contributed by atoms with Crippen molar-refractivity contribution >= 4 is 17.7 Å². The van der Waals surface area contributed by atoms with Crippen molar-refractivity contribution in [2.45, 2.75) is 0 Å². The fraction of sp³-hybridized carbons (Fsp3) is 0.0769. The van der Waals surface area contributed by atoms with Crippen LogP contribution in [0.3, 0.4) is 0 Å². The van der Waals surface area contributed by atoms with Crippen molar-refractivity contribution in [3.8, 4) is 11.5 Å². The van der Waals surface area contributed by atoms with E-state index in [1.807, 2.05) is 0 Å². The molecule has 1 heterocycles. The van der Waals surface area contributed by atoms with Gasteiger partial charge in [-0.2, -0.15) is 5.10 Å². The number of hydrogen-bond acceptors (Lipinski definition) is 7. The molecule has 0 spiro atoms. The molecule has 0 aliphatic heterocycles.